The Bertz CT molecular complexity index is 1440. The molecule has 0 radical (unpaired) electrons. The third-order valence-corrected chi connectivity index (χ3v) is 7.49. The normalized spacial score (nSPS) is 32.1. The Morgan fingerprint density at radius 1 is 0.853 bits per heavy atom. The van der Waals surface area contributed by atoms with Gasteiger partial charge in [-0.05, 0) is 19.9 Å². The van der Waals surface area contributed by atoms with Crippen LogP contribution in [0.1, 0.15) is 50.5 Å². The summed E-state index contributed by atoms with van der Waals surface area (Å²) in [7, 11) is 1.10. The number of aliphatic hydroxyl groups is 1. The molecule has 7 heteroatoms. The predicted octanol–water partition coefficient (Wildman–Crippen LogP) is 2.72. The van der Waals surface area contributed by atoms with Crippen molar-refractivity contribution in [3.05, 3.63) is 94.1 Å². The first-order valence-electron chi connectivity index (χ1n) is 10.9. The number of esters is 1. The molecule has 34 heavy (non-hydrogen) atoms. The third kappa shape index (κ3) is 1.91. The van der Waals surface area contributed by atoms with E-state index in [2.05, 4.69) is 0 Å². The van der Waals surface area contributed by atoms with Gasteiger partial charge < -0.3 is 14.6 Å². The molecule has 170 valence electrons. The highest BCUT2D eigenvalue weighted by atomic mass is 16.6. The maximum Gasteiger partial charge on any atom is 0.328 e. The zero-order valence-corrected chi connectivity index (χ0v) is 18.7. The first kappa shape index (κ1) is 20.9. The van der Waals surface area contributed by atoms with Crippen LogP contribution in [-0.4, -0.2) is 46.7 Å². The van der Waals surface area contributed by atoms with Gasteiger partial charge in [0.25, 0.3) is 0 Å². The van der Waals surface area contributed by atoms with Crippen LogP contribution in [0.2, 0.25) is 0 Å². The fraction of sp³-hybridized carbons (Fsp3) is 0.259. The minimum atomic E-state index is -2.41. The van der Waals surface area contributed by atoms with Crippen molar-refractivity contribution in [2.24, 2.45) is 5.41 Å². The monoisotopic (exact) mass is 456 g/mol. The second kappa shape index (κ2) is 6.05. The molecule has 2 aromatic rings. The summed E-state index contributed by atoms with van der Waals surface area (Å²) < 4.78 is 11.5. The van der Waals surface area contributed by atoms with Crippen LogP contribution >= 0.6 is 0 Å². The van der Waals surface area contributed by atoms with Gasteiger partial charge in [-0.15, -0.1) is 0 Å². The van der Waals surface area contributed by atoms with Gasteiger partial charge in [-0.2, -0.15) is 0 Å². The Balaban J connectivity index is 1.85. The van der Waals surface area contributed by atoms with E-state index in [1.165, 1.54) is 30.3 Å². The lowest BCUT2D eigenvalue weighted by atomic mass is 9.56. The molecule has 1 spiro atoms. The summed E-state index contributed by atoms with van der Waals surface area (Å²) in [6.45, 7) is 3.41. The van der Waals surface area contributed by atoms with E-state index in [0.717, 1.165) is 7.11 Å². The van der Waals surface area contributed by atoms with E-state index >= 15 is 0 Å². The Labute approximate surface area is 194 Å². The maximum absolute atomic E-state index is 14.3. The summed E-state index contributed by atoms with van der Waals surface area (Å²) in [5.74, 6) is -3.15. The summed E-state index contributed by atoms with van der Waals surface area (Å²) >= 11 is 0. The number of hydrogen-bond donors (Lipinski definition) is 1. The highest BCUT2D eigenvalue weighted by Gasteiger charge is 2.85. The van der Waals surface area contributed by atoms with Crippen LogP contribution in [-0.2, 0) is 19.9 Å². The molecule has 0 amide bonds. The lowest BCUT2D eigenvalue weighted by Gasteiger charge is -2.51. The number of carbonyl (C=O) groups excluding carboxylic acids is 4. The van der Waals surface area contributed by atoms with Crippen LogP contribution < -0.4 is 0 Å². The van der Waals surface area contributed by atoms with Crippen molar-refractivity contribution in [3.8, 4) is 0 Å². The zero-order valence-electron chi connectivity index (χ0n) is 18.7. The van der Waals surface area contributed by atoms with E-state index in [1.54, 1.807) is 44.2 Å². The number of hydrogen-bond acceptors (Lipinski definition) is 7. The van der Waals surface area contributed by atoms with Crippen molar-refractivity contribution in [2.45, 2.75) is 30.7 Å². The molecule has 1 heterocycles. The van der Waals surface area contributed by atoms with Crippen LogP contribution in [0.4, 0.5) is 0 Å². The van der Waals surface area contributed by atoms with E-state index in [9.17, 15) is 24.3 Å². The molecule has 6 rings (SSSR count). The van der Waals surface area contributed by atoms with E-state index in [0.29, 0.717) is 0 Å². The van der Waals surface area contributed by atoms with Crippen molar-refractivity contribution in [2.75, 3.05) is 7.11 Å². The summed E-state index contributed by atoms with van der Waals surface area (Å²) in [5.41, 5.74) is -8.25. The van der Waals surface area contributed by atoms with Crippen molar-refractivity contribution >= 4 is 23.3 Å². The first-order chi connectivity index (χ1) is 16.1. The zero-order chi connectivity index (χ0) is 24.3. The molecule has 3 unspecified atom stereocenters. The minimum Gasteiger partial charge on any atom is -0.468 e. The SMILES string of the molecule is COC(=O)C12C(=O)c3ccccc3C(O)(C3=C1C(=O)c1ccccc1C3=O)C21C=CC(C)(C)O1. The Hall–Kier alpha value is -3.68. The molecule has 3 aliphatic carbocycles. The standard InChI is InChI=1S/C27H20O7/c1-24(2)12-13-25(34-24)26(23(31)33-3)18-19(21(29)15-9-5-4-8-14(15)20(18)28)27(25,32)17-11-7-6-10-16(17)22(26)30/h4-13,32H,1-3H3. The molecule has 0 saturated carbocycles. The summed E-state index contributed by atoms with van der Waals surface area (Å²) in [6, 6.07) is 12.4. The van der Waals surface area contributed by atoms with E-state index < -0.39 is 45.5 Å². The van der Waals surface area contributed by atoms with Gasteiger partial charge in [0, 0.05) is 33.4 Å². The molecule has 2 aromatic carbocycles. The van der Waals surface area contributed by atoms with Crippen molar-refractivity contribution in [3.63, 3.8) is 0 Å². The van der Waals surface area contributed by atoms with Gasteiger partial charge in [0.15, 0.2) is 34.0 Å². The van der Waals surface area contributed by atoms with Crippen LogP contribution in [0.5, 0.6) is 0 Å². The number of carbonyl (C=O) groups is 4. The molecule has 2 bridgehead atoms. The van der Waals surface area contributed by atoms with Gasteiger partial charge in [0.05, 0.1) is 12.7 Å². The molecule has 7 nitrogen and oxygen atoms in total. The van der Waals surface area contributed by atoms with E-state index in [-0.39, 0.29) is 33.4 Å². The molecular weight excluding hydrogens is 436 g/mol. The number of methoxy groups -OCH3 is 1. The Kier molecular flexibility index (Phi) is 3.72. The highest BCUT2D eigenvalue weighted by molar-refractivity contribution is 6.36. The maximum atomic E-state index is 14.3. The second-order valence-corrected chi connectivity index (χ2v) is 9.56. The first-order valence-corrected chi connectivity index (χ1v) is 10.9. The molecule has 1 N–H and O–H groups in total. The van der Waals surface area contributed by atoms with Crippen LogP contribution in [0, 0.1) is 5.41 Å². The molecule has 0 saturated heterocycles. The number of ether oxygens (including phenoxy) is 2. The topological polar surface area (TPSA) is 107 Å². The average molecular weight is 456 g/mol. The van der Waals surface area contributed by atoms with Gasteiger partial charge in [0.1, 0.15) is 0 Å². The largest absolute Gasteiger partial charge is 0.468 e. The van der Waals surface area contributed by atoms with Gasteiger partial charge in [-0.1, -0.05) is 54.6 Å². The smallest absolute Gasteiger partial charge is 0.328 e. The molecule has 1 aliphatic heterocycles. The fourth-order valence-corrected chi connectivity index (χ4v) is 6.23. The van der Waals surface area contributed by atoms with Crippen molar-refractivity contribution in [1.29, 1.82) is 0 Å². The van der Waals surface area contributed by atoms with Gasteiger partial charge in [-0.3, -0.25) is 19.2 Å². The van der Waals surface area contributed by atoms with E-state index in [4.69, 9.17) is 9.47 Å². The summed E-state index contributed by atoms with van der Waals surface area (Å²) in [4.78, 5) is 56.0. The lowest BCUT2D eigenvalue weighted by Crippen LogP contribution is -2.68. The Morgan fingerprint density at radius 3 is 1.97 bits per heavy atom. The number of ketones is 3. The molecular formula is C27H20O7. The van der Waals surface area contributed by atoms with E-state index in [1.807, 2.05) is 0 Å². The predicted molar refractivity (Wildman–Crippen MR) is 118 cm³/mol. The molecule has 4 aliphatic rings. The van der Waals surface area contributed by atoms with Gasteiger partial charge >= 0.3 is 5.97 Å². The average Bonchev–Trinajstić information content (AvgIpc) is 3.24. The van der Waals surface area contributed by atoms with Gasteiger partial charge in [-0.25, -0.2) is 0 Å². The second-order valence-electron chi connectivity index (χ2n) is 9.56. The third-order valence-electron chi connectivity index (χ3n) is 7.49. The lowest BCUT2D eigenvalue weighted by molar-refractivity contribution is -0.208. The highest BCUT2D eigenvalue weighted by Crippen LogP contribution is 2.70. The number of benzene rings is 2. The fourth-order valence-electron chi connectivity index (χ4n) is 6.23. The molecule has 0 aromatic heterocycles. The number of fused-ring (bicyclic) bond motifs is 5. The Morgan fingerprint density at radius 2 is 1.41 bits per heavy atom. The molecule has 3 atom stereocenters. The minimum absolute atomic E-state index is 0.0294. The number of rotatable bonds is 1. The van der Waals surface area contributed by atoms with Crippen LogP contribution in [0.15, 0.2) is 71.8 Å². The summed E-state index contributed by atoms with van der Waals surface area (Å²) in [6.07, 6.45) is 3.07. The quantitative estimate of drug-likeness (QED) is 0.399. The molecule has 0 fully saturated rings. The van der Waals surface area contributed by atoms with Crippen molar-refractivity contribution in [1.82, 2.24) is 0 Å². The van der Waals surface area contributed by atoms with Crippen molar-refractivity contribution < 1.29 is 33.8 Å². The van der Waals surface area contributed by atoms with Gasteiger partial charge in [0.2, 0.25) is 0 Å². The number of Topliss-reactive ketones (excluding diaryl/α,β-unsaturated/α-hetero) is 3. The van der Waals surface area contributed by atoms with Crippen LogP contribution in [0.3, 0.4) is 0 Å². The van der Waals surface area contributed by atoms with Crippen LogP contribution in [0.25, 0.3) is 0 Å². The summed E-state index contributed by atoms with van der Waals surface area (Å²) in [5, 5.41) is 12.6.